The minimum atomic E-state index is -0.742. The van der Waals surface area contributed by atoms with Crippen LogP contribution in [0.2, 0.25) is 0 Å². The summed E-state index contributed by atoms with van der Waals surface area (Å²) in [6.45, 7) is 2.12. The van der Waals surface area contributed by atoms with Gasteiger partial charge in [-0.15, -0.1) is 5.10 Å². The lowest BCUT2D eigenvalue weighted by Gasteiger charge is -2.30. The highest BCUT2D eigenvalue weighted by molar-refractivity contribution is 8.14. The average Bonchev–Trinajstić information content (AvgIpc) is 2.97. The summed E-state index contributed by atoms with van der Waals surface area (Å²) in [5, 5.41) is 7.94. The lowest BCUT2D eigenvalue weighted by molar-refractivity contribution is -0.141. The zero-order valence-electron chi connectivity index (χ0n) is 19.0. The molecule has 1 heterocycles. The smallest absolute Gasteiger partial charge is 0.309 e. The minimum Gasteiger partial charge on any atom is -0.349 e. The van der Waals surface area contributed by atoms with Gasteiger partial charge in [0.2, 0.25) is 11.7 Å². The van der Waals surface area contributed by atoms with Crippen LogP contribution in [0.5, 0.6) is 0 Å². The molecule has 1 aliphatic heterocycles. The molecule has 3 rings (SSSR count). The van der Waals surface area contributed by atoms with Crippen LogP contribution in [0.4, 0.5) is 0 Å². The van der Waals surface area contributed by atoms with Crippen molar-refractivity contribution in [3.8, 4) is 0 Å². The highest BCUT2D eigenvalue weighted by Crippen LogP contribution is 2.29. The number of nitrogens with one attached hydrogen (secondary N) is 2. The number of rotatable bonds is 7. The predicted octanol–water partition coefficient (Wildman–Crippen LogP) is 3.44. The molecule has 174 valence electrons. The van der Waals surface area contributed by atoms with Crippen LogP contribution in [0.1, 0.15) is 84.0 Å². The molecule has 31 heavy (non-hydrogen) atoms. The first-order valence-electron chi connectivity index (χ1n) is 12.1. The number of hydrogen-bond acceptors (Lipinski definition) is 5. The summed E-state index contributed by atoms with van der Waals surface area (Å²) in [5.74, 6) is -0.421. The summed E-state index contributed by atoms with van der Waals surface area (Å²) in [7, 11) is 1.96. The van der Waals surface area contributed by atoms with Gasteiger partial charge in [-0.1, -0.05) is 63.6 Å². The number of hydrogen-bond donors (Lipinski definition) is 2. The van der Waals surface area contributed by atoms with Crippen LogP contribution in [0, 0.1) is 11.8 Å². The van der Waals surface area contributed by atoms with Gasteiger partial charge < -0.3 is 10.2 Å². The third-order valence-electron chi connectivity index (χ3n) is 7.13. The van der Waals surface area contributed by atoms with Crippen LogP contribution in [0.3, 0.4) is 0 Å². The molecule has 0 spiro atoms. The summed E-state index contributed by atoms with van der Waals surface area (Å²) in [4.78, 5) is 40.8. The van der Waals surface area contributed by atoms with Crippen molar-refractivity contribution in [2.45, 2.75) is 96.1 Å². The van der Waals surface area contributed by atoms with E-state index < -0.39 is 17.7 Å². The Balaban J connectivity index is 1.65. The number of carbonyl (C=O) groups is 3. The molecular weight excluding hydrogens is 412 g/mol. The van der Waals surface area contributed by atoms with Crippen molar-refractivity contribution in [3.63, 3.8) is 0 Å². The SMILES string of the molecule is CC[C@@H]1CS/C(=N\NC(=O)C(=O)C(NC(=O)C2CCCCCC2)C2CCCCC2)N1C. The first-order valence-corrected chi connectivity index (χ1v) is 13.1. The highest BCUT2D eigenvalue weighted by atomic mass is 32.2. The number of carbonyl (C=O) groups excluding carboxylic acids is 3. The number of amidine groups is 1. The number of thioether (sulfide) groups is 1. The van der Waals surface area contributed by atoms with Crippen molar-refractivity contribution in [2.24, 2.45) is 16.9 Å². The minimum absolute atomic E-state index is 0.0300. The maximum atomic E-state index is 13.1. The number of Topliss-reactive ketones (excluding diaryl/α,β-unsaturated/α-hetero) is 1. The van der Waals surface area contributed by atoms with Crippen LogP contribution in [-0.4, -0.2) is 52.5 Å². The van der Waals surface area contributed by atoms with E-state index in [4.69, 9.17) is 0 Å². The molecule has 0 aromatic rings. The van der Waals surface area contributed by atoms with Gasteiger partial charge in [-0.25, -0.2) is 5.43 Å². The number of amides is 2. The molecule has 2 saturated carbocycles. The van der Waals surface area contributed by atoms with Gasteiger partial charge in [-0.3, -0.25) is 14.4 Å². The number of ketones is 1. The van der Waals surface area contributed by atoms with Crippen molar-refractivity contribution in [1.82, 2.24) is 15.6 Å². The Morgan fingerprint density at radius 2 is 1.65 bits per heavy atom. The summed E-state index contributed by atoms with van der Waals surface area (Å²) in [6, 6.07) is -0.348. The number of hydrazone groups is 1. The molecule has 3 fully saturated rings. The Bertz CT molecular complexity index is 670. The monoisotopic (exact) mass is 450 g/mol. The Hall–Kier alpha value is -1.57. The predicted molar refractivity (Wildman–Crippen MR) is 125 cm³/mol. The summed E-state index contributed by atoms with van der Waals surface area (Å²) < 4.78 is 0. The third kappa shape index (κ3) is 6.46. The topological polar surface area (TPSA) is 90.9 Å². The fraction of sp³-hybridized carbons (Fsp3) is 0.826. The third-order valence-corrected chi connectivity index (χ3v) is 8.32. The lowest BCUT2D eigenvalue weighted by atomic mass is 9.81. The van der Waals surface area contributed by atoms with Gasteiger partial charge in [-0.2, -0.15) is 0 Å². The van der Waals surface area contributed by atoms with E-state index in [0.29, 0.717) is 6.04 Å². The highest BCUT2D eigenvalue weighted by Gasteiger charge is 2.36. The van der Waals surface area contributed by atoms with Gasteiger partial charge in [0.05, 0.1) is 0 Å². The van der Waals surface area contributed by atoms with Crippen LogP contribution >= 0.6 is 11.8 Å². The average molecular weight is 451 g/mol. The first kappa shape index (κ1) is 24.1. The van der Waals surface area contributed by atoms with Crippen LogP contribution in [-0.2, 0) is 14.4 Å². The Morgan fingerprint density at radius 1 is 1.03 bits per heavy atom. The zero-order chi connectivity index (χ0) is 22.2. The summed E-state index contributed by atoms with van der Waals surface area (Å²) in [6.07, 6.45) is 12.2. The van der Waals surface area contributed by atoms with Crippen LogP contribution in [0.25, 0.3) is 0 Å². The van der Waals surface area contributed by atoms with Crippen molar-refractivity contribution >= 4 is 34.5 Å². The van der Waals surface area contributed by atoms with Crippen molar-refractivity contribution in [3.05, 3.63) is 0 Å². The van der Waals surface area contributed by atoms with Crippen LogP contribution < -0.4 is 10.7 Å². The lowest BCUT2D eigenvalue weighted by Crippen LogP contribution is -2.52. The first-order chi connectivity index (χ1) is 15.0. The van der Waals surface area contributed by atoms with E-state index in [0.717, 1.165) is 75.1 Å². The normalized spacial score (nSPS) is 25.8. The molecule has 0 aromatic heterocycles. The Kier molecular flexibility index (Phi) is 9.23. The van der Waals surface area contributed by atoms with Gasteiger partial charge in [0.15, 0.2) is 5.17 Å². The molecule has 8 heteroatoms. The zero-order valence-corrected chi connectivity index (χ0v) is 19.8. The quantitative estimate of drug-likeness (QED) is 0.352. The molecular formula is C23H38N4O3S. The molecule has 7 nitrogen and oxygen atoms in total. The van der Waals surface area contributed by atoms with Gasteiger partial charge in [0, 0.05) is 24.8 Å². The van der Waals surface area contributed by atoms with Gasteiger partial charge in [0.25, 0.3) is 0 Å². The van der Waals surface area contributed by atoms with E-state index in [1.54, 1.807) is 11.8 Å². The van der Waals surface area contributed by atoms with E-state index >= 15 is 0 Å². The van der Waals surface area contributed by atoms with Crippen molar-refractivity contribution in [1.29, 1.82) is 0 Å². The Labute approximate surface area is 190 Å². The molecule has 2 N–H and O–H groups in total. The van der Waals surface area contributed by atoms with Crippen LogP contribution in [0.15, 0.2) is 5.10 Å². The van der Waals surface area contributed by atoms with Gasteiger partial charge in [0.1, 0.15) is 6.04 Å². The molecule has 0 aromatic carbocycles. The molecule has 1 saturated heterocycles. The summed E-state index contributed by atoms with van der Waals surface area (Å²) in [5.41, 5.74) is 2.47. The molecule has 2 atom stereocenters. The molecule has 3 aliphatic rings. The molecule has 2 amide bonds. The van der Waals surface area contributed by atoms with Crippen molar-refractivity contribution < 1.29 is 14.4 Å². The molecule has 1 unspecified atom stereocenters. The van der Waals surface area contributed by atoms with Gasteiger partial charge in [-0.05, 0) is 38.0 Å². The molecule has 0 bridgehead atoms. The number of nitrogens with zero attached hydrogens (tertiary/aromatic N) is 2. The second kappa shape index (κ2) is 11.9. The Morgan fingerprint density at radius 3 is 2.26 bits per heavy atom. The van der Waals surface area contributed by atoms with E-state index in [-0.39, 0.29) is 17.7 Å². The fourth-order valence-electron chi connectivity index (χ4n) is 5.02. The largest absolute Gasteiger partial charge is 0.349 e. The van der Waals surface area contributed by atoms with E-state index in [9.17, 15) is 14.4 Å². The molecule has 2 aliphatic carbocycles. The second-order valence-corrected chi connectivity index (χ2v) is 10.2. The van der Waals surface area contributed by atoms with E-state index in [1.165, 1.54) is 12.8 Å². The van der Waals surface area contributed by atoms with E-state index in [2.05, 4.69) is 22.8 Å². The maximum absolute atomic E-state index is 13.1. The molecule has 0 radical (unpaired) electrons. The standard InChI is InChI=1S/C23H38N4O3S/c1-3-18-15-31-23(27(18)2)26-25-22(30)20(28)19(16-11-9-6-10-12-16)24-21(29)17-13-7-4-5-8-14-17/h16-19H,3-15H2,1-2H3,(H,24,29)(H,25,30)/b26-23-/t18-,19?/m1/s1. The second-order valence-electron chi connectivity index (χ2n) is 9.26. The van der Waals surface area contributed by atoms with Crippen molar-refractivity contribution in [2.75, 3.05) is 12.8 Å². The van der Waals surface area contributed by atoms with E-state index in [1.807, 2.05) is 11.9 Å². The summed E-state index contributed by atoms with van der Waals surface area (Å²) >= 11 is 1.58. The fourth-order valence-corrected chi connectivity index (χ4v) is 6.28. The van der Waals surface area contributed by atoms with Gasteiger partial charge >= 0.3 is 5.91 Å². The maximum Gasteiger partial charge on any atom is 0.309 e.